The van der Waals surface area contributed by atoms with Gasteiger partial charge in [0.05, 0.1) is 5.52 Å². The first kappa shape index (κ1) is 7.41. The third-order valence-electron chi connectivity index (χ3n) is 2.50. The highest BCUT2D eigenvalue weighted by Gasteiger charge is 2.03. The molecule has 0 bridgehead atoms. The van der Waals surface area contributed by atoms with Crippen LogP contribution in [0.25, 0.3) is 5.52 Å². The van der Waals surface area contributed by atoms with E-state index in [1.807, 2.05) is 0 Å². The predicted octanol–water partition coefficient (Wildman–Crippen LogP) is 2.86. The average Bonchev–Trinajstić information content (AvgIpc) is 2.29. The van der Waals surface area contributed by atoms with Gasteiger partial charge < -0.3 is 4.40 Å². The number of pyridine rings is 1. The van der Waals surface area contributed by atoms with Crippen molar-refractivity contribution in [2.45, 2.75) is 20.8 Å². The first-order valence-electron chi connectivity index (χ1n) is 4.23. The molecule has 1 nitrogen and oxygen atoms in total. The Balaban J connectivity index is 2.97. The van der Waals surface area contributed by atoms with Crippen molar-refractivity contribution in [2.24, 2.45) is 0 Å². The zero-order chi connectivity index (χ0) is 8.72. The molecule has 0 fully saturated rings. The molecule has 12 heavy (non-hydrogen) atoms. The van der Waals surface area contributed by atoms with Crippen LogP contribution in [0.3, 0.4) is 0 Å². The number of aromatic nitrogens is 1. The van der Waals surface area contributed by atoms with Crippen LogP contribution in [0, 0.1) is 20.8 Å². The minimum atomic E-state index is 1.35. The summed E-state index contributed by atoms with van der Waals surface area (Å²) in [6.45, 7) is 6.49. The molecule has 0 amide bonds. The third kappa shape index (κ3) is 0.860. The molecule has 0 saturated heterocycles. The van der Waals surface area contributed by atoms with Gasteiger partial charge in [0, 0.05) is 12.4 Å². The van der Waals surface area contributed by atoms with Crippen LogP contribution in [0.2, 0.25) is 0 Å². The molecule has 0 aliphatic carbocycles. The smallest absolute Gasteiger partial charge is 0.0510 e. The summed E-state index contributed by atoms with van der Waals surface area (Å²) in [5, 5.41) is 0. The number of rotatable bonds is 0. The fourth-order valence-electron chi connectivity index (χ4n) is 1.73. The lowest BCUT2D eigenvalue weighted by Crippen LogP contribution is -1.84. The highest BCUT2D eigenvalue weighted by molar-refractivity contribution is 5.63. The van der Waals surface area contributed by atoms with Crippen molar-refractivity contribution in [3.63, 3.8) is 0 Å². The minimum Gasteiger partial charge on any atom is -0.323 e. The first-order chi connectivity index (χ1) is 5.70. The van der Waals surface area contributed by atoms with E-state index in [4.69, 9.17) is 0 Å². The maximum absolute atomic E-state index is 2.19. The topological polar surface area (TPSA) is 4.41 Å². The molecule has 1 heteroatoms. The lowest BCUT2D eigenvalue weighted by Gasteiger charge is -1.98. The van der Waals surface area contributed by atoms with Crippen molar-refractivity contribution in [3.8, 4) is 0 Å². The summed E-state index contributed by atoms with van der Waals surface area (Å²) in [4.78, 5) is 0. The van der Waals surface area contributed by atoms with Crippen molar-refractivity contribution in [3.05, 3.63) is 41.2 Å². The second-order valence-corrected chi connectivity index (χ2v) is 3.38. The van der Waals surface area contributed by atoms with Crippen molar-refractivity contribution in [2.75, 3.05) is 0 Å². The van der Waals surface area contributed by atoms with Crippen LogP contribution in [0.4, 0.5) is 0 Å². The number of hydrogen-bond acceptors (Lipinski definition) is 0. The molecule has 0 aliphatic rings. The summed E-state index contributed by atoms with van der Waals surface area (Å²) in [6, 6.07) is 4.24. The molecule has 0 aliphatic heterocycles. The van der Waals surface area contributed by atoms with Gasteiger partial charge in [-0.05, 0) is 43.5 Å². The molecule has 0 aromatic carbocycles. The molecule has 2 aromatic rings. The van der Waals surface area contributed by atoms with Gasteiger partial charge in [-0.2, -0.15) is 0 Å². The summed E-state index contributed by atoms with van der Waals surface area (Å²) >= 11 is 0. The number of nitrogens with zero attached hydrogens (tertiary/aromatic N) is 1. The van der Waals surface area contributed by atoms with Gasteiger partial charge in [-0.1, -0.05) is 6.07 Å². The number of fused-ring (bicyclic) bond motifs is 1. The Morgan fingerprint density at radius 1 is 1.08 bits per heavy atom. The van der Waals surface area contributed by atoms with Gasteiger partial charge in [0.25, 0.3) is 0 Å². The molecule has 2 aromatic heterocycles. The van der Waals surface area contributed by atoms with Gasteiger partial charge in [-0.3, -0.25) is 0 Å². The molecule has 0 unspecified atom stereocenters. The van der Waals surface area contributed by atoms with E-state index in [2.05, 4.69) is 49.7 Å². The van der Waals surface area contributed by atoms with Crippen LogP contribution in [0.1, 0.15) is 16.7 Å². The molecule has 2 rings (SSSR count). The highest BCUT2D eigenvalue weighted by Crippen LogP contribution is 2.19. The van der Waals surface area contributed by atoms with Gasteiger partial charge in [0.1, 0.15) is 0 Å². The molecule has 0 atom stereocenters. The molecule has 0 saturated carbocycles. The Morgan fingerprint density at radius 3 is 2.50 bits per heavy atom. The molecule has 0 radical (unpaired) electrons. The van der Waals surface area contributed by atoms with E-state index in [1.54, 1.807) is 0 Å². The standard InChI is InChI=1S/C11H13N/c1-8-5-4-6-12-7-9(2)10(3)11(8)12/h4-7H,1-3H3. The van der Waals surface area contributed by atoms with Gasteiger partial charge in [0.2, 0.25) is 0 Å². The van der Waals surface area contributed by atoms with Crippen molar-refractivity contribution < 1.29 is 0 Å². The van der Waals surface area contributed by atoms with Crippen LogP contribution in [-0.4, -0.2) is 4.40 Å². The molecule has 2 heterocycles. The van der Waals surface area contributed by atoms with Crippen LogP contribution in [0.5, 0.6) is 0 Å². The van der Waals surface area contributed by atoms with E-state index in [-0.39, 0.29) is 0 Å². The summed E-state index contributed by atoms with van der Waals surface area (Å²) < 4.78 is 2.19. The SMILES string of the molecule is Cc1cn2cccc(C)c2c1C. The molecule has 0 N–H and O–H groups in total. The Labute approximate surface area is 72.6 Å². The maximum atomic E-state index is 2.19. The van der Waals surface area contributed by atoms with E-state index in [0.29, 0.717) is 0 Å². The number of aryl methyl sites for hydroxylation is 3. The summed E-state index contributed by atoms with van der Waals surface area (Å²) in [6.07, 6.45) is 4.28. The normalized spacial score (nSPS) is 10.9. The largest absolute Gasteiger partial charge is 0.323 e. The summed E-state index contributed by atoms with van der Waals surface area (Å²) in [5.41, 5.74) is 5.47. The van der Waals surface area contributed by atoms with Gasteiger partial charge in [-0.15, -0.1) is 0 Å². The van der Waals surface area contributed by atoms with E-state index in [1.165, 1.54) is 22.2 Å². The quantitative estimate of drug-likeness (QED) is 0.556. The highest BCUT2D eigenvalue weighted by atomic mass is 14.9. The van der Waals surface area contributed by atoms with E-state index < -0.39 is 0 Å². The van der Waals surface area contributed by atoms with Crippen LogP contribution >= 0.6 is 0 Å². The van der Waals surface area contributed by atoms with Gasteiger partial charge >= 0.3 is 0 Å². The average molecular weight is 159 g/mol. The van der Waals surface area contributed by atoms with Crippen molar-refractivity contribution >= 4 is 5.52 Å². The fraction of sp³-hybridized carbons (Fsp3) is 0.273. The van der Waals surface area contributed by atoms with Crippen LogP contribution < -0.4 is 0 Å². The molecular formula is C11H13N. The van der Waals surface area contributed by atoms with E-state index >= 15 is 0 Å². The monoisotopic (exact) mass is 159 g/mol. The third-order valence-corrected chi connectivity index (χ3v) is 2.50. The lowest BCUT2D eigenvalue weighted by molar-refractivity contribution is 1.17. The molecular weight excluding hydrogens is 146 g/mol. The minimum absolute atomic E-state index is 1.35. The molecule has 0 spiro atoms. The predicted molar refractivity (Wildman–Crippen MR) is 51.6 cm³/mol. The first-order valence-corrected chi connectivity index (χ1v) is 4.23. The maximum Gasteiger partial charge on any atom is 0.0510 e. The zero-order valence-corrected chi connectivity index (χ0v) is 7.76. The van der Waals surface area contributed by atoms with Gasteiger partial charge in [-0.25, -0.2) is 0 Å². The second-order valence-electron chi connectivity index (χ2n) is 3.38. The molecule has 62 valence electrons. The van der Waals surface area contributed by atoms with Crippen molar-refractivity contribution in [1.29, 1.82) is 0 Å². The second kappa shape index (κ2) is 2.37. The zero-order valence-electron chi connectivity index (χ0n) is 7.76. The Morgan fingerprint density at radius 2 is 1.83 bits per heavy atom. The van der Waals surface area contributed by atoms with Crippen molar-refractivity contribution in [1.82, 2.24) is 4.40 Å². The van der Waals surface area contributed by atoms with Gasteiger partial charge in [0.15, 0.2) is 0 Å². The number of hydrogen-bond donors (Lipinski definition) is 0. The Kier molecular flexibility index (Phi) is 1.47. The van der Waals surface area contributed by atoms with E-state index in [0.717, 1.165) is 0 Å². The van der Waals surface area contributed by atoms with Crippen LogP contribution in [-0.2, 0) is 0 Å². The fourth-order valence-corrected chi connectivity index (χ4v) is 1.73. The van der Waals surface area contributed by atoms with Crippen LogP contribution in [0.15, 0.2) is 24.5 Å². The Hall–Kier alpha value is -1.24. The van der Waals surface area contributed by atoms with E-state index in [9.17, 15) is 0 Å². The Bertz CT molecular complexity index is 424. The summed E-state index contributed by atoms with van der Waals surface area (Å²) in [7, 11) is 0. The lowest BCUT2D eigenvalue weighted by atomic mass is 10.1. The summed E-state index contributed by atoms with van der Waals surface area (Å²) in [5.74, 6) is 0.